The van der Waals surface area contributed by atoms with Crippen LogP contribution in [0.25, 0.3) is 0 Å². The number of amides is 1. The maximum atomic E-state index is 12.0. The Hall–Kier alpha value is -3.61. The van der Waals surface area contributed by atoms with Crippen molar-refractivity contribution in [2.45, 2.75) is 6.92 Å². The maximum absolute atomic E-state index is 12.0. The number of hydrogen-bond acceptors (Lipinski definition) is 10. The highest BCUT2D eigenvalue weighted by atomic mass is 32.1. The van der Waals surface area contributed by atoms with Gasteiger partial charge in [0.2, 0.25) is 0 Å². The molecule has 0 bridgehead atoms. The summed E-state index contributed by atoms with van der Waals surface area (Å²) < 4.78 is 4.80. The molecular weight excluding hydrogens is 382 g/mol. The van der Waals surface area contributed by atoms with Crippen LogP contribution in [-0.4, -0.2) is 39.9 Å². The van der Waals surface area contributed by atoms with Crippen LogP contribution in [0.2, 0.25) is 0 Å². The van der Waals surface area contributed by atoms with E-state index in [-0.39, 0.29) is 27.1 Å². The third-order valence-corrected chi connectivity index (χ3v) is 3.92. The van der Waals surface area contributed by atoms with Gasteiger partial charge in [-0.15, -0.1) is 0 Å². The molecule has 0 radical (unpaired) electrons. The topological polar surface area (TPSA) is 167 Å². The van der Waals surface area contributed by atoms with Gasteiger partial charge in [-0.1, -0.05) is 0 Å². The number of aromatic nitrogens is 1. The fourth-order valence-electron chi connectivity index (χ4n) is 1.93. The molecule has 1 aromatic heterocycles. The Labute approximate surface area is 155 Å². The molecule has 1 heterocycles. The van der Waals surface area contributed by atoms with Gasteiger partial charge < -0.3 is 10.1 Å². The zero-order chi connectivity index (χ0) is 20.0. The quantitative estimate of drug-likeness (QED) is 0.387. The van der Waals surface area contributed by atoms with Crippen molar-refractivity contribution in [1.82, 2.24) is 4.98 Å². The molecule has 1 aromatic carbocycles. The van der Waals surface area contributed by atoms with Gasteiger partial charge in [0.15, 0.2) is 11.7 Å². The first-order chi connectivity index (χ1) is 12.8. The maximum Gasteiger partial charge on any atom is 0.345 e. The van der Waals surface area contributed by atoms with E-state index in [0.717, 1.165) is 12.3 Å². The Morgan fingerprint density at radius 3 is 2.59 bits per heavy atom. The first kappa shape index (κ1) is 19.7. The SMILES string of the molecule is CCNc1ccc(C(=O)OCC(=O)Nc2ncc([N+](=O)[O-])s2)cc1[N+](=O)[O-]. The Kier molecular flexibility index (Phi) is 6.32. The number of ether oxygens (including phenoxy) is 1. The number of rotatable bonds is 8. The molecule has 0 aliphatic carbocycles. The molecule has 0 atom stereocenters. The van der Waals surface area contributed by atoms with Gasteiger partial charge in [0.1, 0.15) is 11.9 Å². The van der Waals surface area contributed by atoms with E-state index in [2.05, 4.69) is 15.6 Å². The van der Waals surface area contributed by atoms with Gasteiger partial charge in [0.25, 0.3) is 11.6 Å². The number of nitrogens with zero attached hydrogens (tertiary/aromatic N) is 3. The molecule has 0 saturated carbocycles. The number of nitro benzene ring substituents is 1. The summed E-state index contributed by atoms with van der Waals surface area (Å²) in [4.78, 5) is 47.7. The van der Waals surface area contributed by atoms with Crippen molar-refractivity contribution in [3.05, 3.63) is 50.2 Å². The van der Waals surface area contributed by atoms with Crippen LogP contribution in [-0.2, 0) is 9.53 Å². The Morgan fingerprint density at radius 1 is 1.26 bits per heavy atom. The van der Waals surface area contributed by atoms with Crippen LogP contribution in [0.1, 0.15) is 17.3 Å². The average Bonchev–Trinajstić information content (AvgIpc) is 3.09. The predicted molar refractivity (Wildman–Crippen MR) is 94.9 cm³/mol. The Bertz CT molecular complexity index is 898. The third kappa shape index (κ3) is 5.18. The third-order valence-electron chi connectivity index (χ3n) is 3.05. The average molecular weight is 395 g/mol. The lowest BCUT2D eigenvalue weighted by atomic mass is 10.1. The van der Waals surface area contributed by atoms with E-state index in [9.17, 15) is 29.8 Å². The van der Waals surface area contributed by atoms with Crippen LogP contribution in [0.5, 0.6) is 0 Å². The Morgan fingerprint density at radius 2 is 2.00 bits per heavy atom. The van der Waals surface area contributed by atoms with Crippen molar-refractivity contribution in [1.29, 1.82) is 0 Å². The molecule has 0 unspecified atom stereocenters. The van der Waals surface area contributed by atoms with Crippen LogP contribution < -0.4 is 10.6 Å². The molecule has 27 heavy (non-hydrogen) atoms. The summed E-state index contributed by atoms with van der Waals surface area (Å²) in [5, 5.41) is 26.4. The molecule has 1 amide bonds. The molecule has 0 spiro atoms. The highest BCUT2D eigenvalue weighted by Gasteiger charge is 2.19. The predicted octanol–water partition coefficient (Wildman–Crippen LogP) is 2.19. The molecule has 0 aliphatic heterocycles. The number of thiazole rings is 1. The first-order valence-electron chi connectivity index (χ1n) is 7.41. The van der Waals surface area contributed by atoms with E-state index < -0.39 is 28.3 Å². The summed E-state index contributed by atoms with van der Waals surface area (Å²) in [7, 11) is 0. The zero-order valence-electron chi connectivity index (χ0n) is 13.8. The minimum absolute atomic E-state index is 0.0200. The van der Waals surface area contributed by atoms with Crippen molar-refractivity contribution in [2.24, 2.45) is 0 Å². The summed E-state index contributed by atoms with van der Waals surface area (Å²) in [6.07, 6.45) is 0.983. The fourth-order valence-corrected chi connectivity index (χ4v) is 2.58. The fraction of sp³-hybridized carbons (Fsp3) is 0.214. The highest BCUT2D eigenvalue weighted by Crippen LogP contribution is 2.26. The van der Waals surface area contributed by atoms with E-state index in [4.69, 9.17) is 4.74 Å². The number of esters is 1. The standard InChI is InChI=1S/C14H13N5O7S/c1-2-15-9-4-3-8(5-10(9)18(22)23)13(21)26-7-11(20)17-14-16-6-12(27-14)19(24)25/h3-6,15H,2,7H2,1H3,(H,16,17,20). The lowest BCUT2D eigenvalue weighted by molar-refractivity contribution is -0.384. The highest BCUT2D eigenvalue weighted by molar-refractivity contribution is 7.18. The number of carbonyl (C=O) groups is 2. The molecule has 142 valence electrons. The van der Waals surface area contributed by atoms with Crippen LogP contribution in [0.15, 0.2) is 24.4 Å². The second-order valence-corrected chi connectivity index (χ2v) is 5.91. The minimum Gasteiger partial charge on any atom is -0.452 e. The number of nitro groups is 2. The summed E-state index contributed by atoms with van der Waals surface area (Å²) >= 11 is 0.647. The molecular formula is C14H13N5O7S. The second-order valence-electron chi connectivity index (χ2n) is 4.90. The number of anilines is 2. The van der Waals surface area contributed by atoms with Gasteiger partial charge >= 0.3 is 11.0 Å². The van der Waals surface area contributed by atoms with Gasteiger partial charge in [-0.25, -0.2) is 9.78 Å². The summed E-state index contributed by atoms with van der Waals surface area (Å²) in [5.74, 6) is -1.69. The molecule has 2 N–H and O–H groups in total. The van der Waals surface area contributed by atoms with Crippen LogP contribution in [0.3, 0.4) is 0 Å². The lowest BCUT2D eigenvalue weighted by Gasteiger charge is -2.07. The van der Waals surface area contributed by atoms with E-state index in [1.54, 1.807) is 6.92 Å². The molecule has 0 saturated heterocycles. The van der Waals surface area contributed by atoms with Gasteiger partial charge in [-0.2, -0.15) is 0 Å². The van der Waals surface area contributed by atoms with Crippen LogP contribution >= 0.6 is 11.3 Å². The van der Waals surface area contributed by atoms with E-state index >= 15 is 0 Å². The van der Waals surface area contributed by atoms with Crippen molar-refractivity contribution >= 4 is 44.7 Å². The van der Waals surface area contributed by atoms with Crippen molar-refractivity contribution in [3.8, 4) is 0 Å². The molecule has 2 rings (SSSR count). The molecule has 13 heteroatoms. The molecule has 12 nitrogen and oxygen atoms in total. The zero-order valence-corrected chi connectivity index (χ0v) is 14.6. The van der Waals surface area contributed by atoms with Gasteiger partial charge in [0, 0.05) is 12.6 Å². The van der Waals surface area contributed by atoms with Gasteiger partial charge in [-0.05, 0) is 30.4 Å². The van der Waals surface area contributed by atoms with Crippen LogP contribution in [0, 0.1) is 20.2 Å². The number of nitrogens with one attached hydrogen (secondary N) is 2. The van der Waals surface area contributed by atoms with Crippen molar-refractivity contribution in [2.75, 3.05) is 23.8 Å². The number of hydrogen-bond donors (Lipinski definition) is 2. The van der Waals surface area contributed by atoms with E-state index in [1.807, 2.05) is 0 Å². The van der Waals surface area contributed by atoms with Gasteiger partial charge in [0.05, 0.1) is 15.4 Å². The smallest absolute Gasteiger partial charge is 0.345 e. The largest absolute Gasteiger partial charge is 0.452 e. The number of carbonyl (C=O) groups excluding carboxylic acids is 2. The van der Waals surface area contributed by atoms with Gasteiger partial charge in [-0.3, -0.25) is 30.3 Å². The summed E-state index contributed by atoms with van der Waals surface area (Å²) in [5.41, 5.74) is -0.144. The molecule has 2 aromatic rings. The Balaban J connectivity index is 1.98. The van der Waals surface area contributed by atoms with E-state index in [0.29, 0.717) is 17.9 Å². The summed E-state index contributed by atoms with van der Waals surface area (Å²) in [6, 6.07) is 3.74. The number of benzene rings is 1. The van der Waals surface area contributed by atoms with Crippen molar-refractivity contribution < 1.29 is 24.2 Å². The van der Waals surface area contributed by atoms with Crippen LogP contribution in [0.4, 0.5) is 21.5 Å². The first-order valence-corrected chi connectivity index (χ1v) is 8.23. The minimum atomic E-state index is -0.929. The molecule has 0 fully saturated rings. The second kappa shape index (κ2) is 8.66. The van der Waals surface area contributed by atoms with Crippen molar-refractivity contribution in [3.63, 3.8) is 0 Å². The monoisotopic (exact) mass is 395 g/mol. The van der Waals surface area contributed by atoms with E-state index in [1.165, 1.54) is 12.1 Å². The summed E-state index contributed by atoms with van der Waals surface area (Å²) in [6.45, 7) is 1.54. The molecule has 0 aliphatic rings. The normalized spacial score (nSPS) is 10.1. The lowest BCUT2D eigenvalue weighted by Crippen LogP contribution is -2.20.